The molecule has 0 aromatic rings. The van der Waals surface area contributed by atoms with E-state index < -0.39 is 11.3 Å². The first-order chi connectivity index (χ1) is 11.2. The van der Waals surface area contributed by atoms with Gasteiger partial charge in [0.25, 0.3) is 0 Å². The summed E-state index contributed by atoms with van der Waals surface area (Å²) in [5.41, 5.74) is 0. The summed E-state index contributed by atoms with van der Waals surface area (Å²) in [6, 6.07) is 0. The molecule has 3 heteroatoms. The maximum absolute atomic E-state index is 10.6. The van der Waals surface area contributed by atoms with Crippen LogP contribution >= 0.6 is 11.6 Å². The Hall–Kier alpha value is -0.240. The van der Waals surface area contributed by atoms with E-state index in [1.54, 1.807) is 0 Å². The van der Waals surface area contributed by atoms with Crippen molar-refractivity contribution in [3.8, 4) is 0 Å². The molecule has 0 heterocycles. The van der Waals surface area contributed by atoms with Gasteiger partial charge in [-0.05, 0) is 12.3 Å². The Morgan fingerprint density at radius 2 is 1.30 bits per heavy atom. The standard InChI is InChI=1S/C20H37ClO2/c21-19(20(22)23)17-13-8-6-4-2-1-3-5-7-10-14-18-15-11-9-12-16-18/h18-19H,1-17H2,(H,22,23). The molecule has 0 aliphatic heterocycles. The third-order valence-corrected chi connectivity index (χ3v) is 5.72. The molecule has 0 bridgehead atoms. The van der Waals surface area contributed by atoms with Crippen LogP contribution in [-0.2, 0) is 4.79 Å². The van der Waals surface area contributed by atoms with E-state index in [0.717, 1.165) is 18.8 Å². The Bertz CT molecular complexity index is 287. The van der Waals surface area contributed by atoms with Crippen molar-refractivity contribution in [3.63, 3.8) is 0 Å². The summed E-state index contributed by atoms with van der Waals surface area (Å²) in [4.78, 5) is 10.6. The Morgan fingerprint density at radius 1 is 0.826 bits per heavy atom. The lowest BCUT2D eigenvalue weighted by Crippen LogP contribution is -2.12. The second-order valence-corrected chi connectivity index (χ2v) is 7.95. The fraction of sp³-hybridized carbons (Fsp3) is 0.950. The van der Waals surface area contributed by atoms with E-state index in [0.29, 0.717) is 6.42 Å². The smallest absolute Gasteiger partial charge is 0.321 e. The van der Waals surface area contributed by atoms with E-state index in [-0.39, 0.29) is 0 Å². The Kier molecular flexibility index (Phi) is 12.8. The predicted molar refractivity (Wildman–Crippen MR) is 99.3 cm³/mol. The number of carboxylic acid groups (broad SMARTS) is 1. The Labute approximate surface area is 148 Å². The topological polar surface area (TPSA) is 37.3 Å². The van der Waals surface area contributed by atoms with Gasteiger partial charge in [-0.1, -0.05) is 103 Å². The zero-order valence-electron chi connectivity index (χ0n) is 14.9. The molecule has 0 aromatic carbocycles. The van der Waals surface area contributed by atoms with Gasteiger partial charge in [-0.3, -0.25) is 4.79 Å². The van der Waals surface area contributed by atoms with Gasteiger partial charge in [-0.2, -0.15) is 0 Å². The van der Waals surface area contributed by atoms with Gasteiger partial charge in [0, 0.05) is 0 Å². The molecular weight excluding hydrogens is 308 g/mol. The van der Waals surface area contributed by atoms with Crippen LogP contribution in [0.1, 0.15) is 109 Å². The van der Waals surface area contributed by atoms with E-state index in [2.05, 4.69) is 0 Å². The van der Waals surface area contributed by atoms with Crippen molar-refractivity contribution in [1.82, 2.24) is 0 Å². The van der Waals surface area contributed by atoms with E-state index in [1.165, 1.54) is 89.9 Å². The average molecular weight is 345 g/mol. The van der Waals surface area contributed by atoms with Gasteiger partial charge in [-0.15, -0.1) is 11.6 Å². The van der Waals surface area contributed by atoms with E-state index in [1.807, 2.05) is 0 Å². The van der Waals surface area contributed by atoms with Crippen LogP contribution < -0.4 is 0 Å². The van der Waals surface area contributed by atoms with Gasteiger partial charge >= 0.3 is 5.97 Å². The molecule has 1 rings (SSSR count). The predicted octanol–water partition coefficient (Wildman–Crippen LogP) is 6.94. The Balaban J connectivity index is 1.73. The summed E-state index contributed by atoms with van der Waals surface area (Å²) in [5, 5.41) is 7.99. The normalized spacial score (nSPS) is 17.3. The number of carbonyl (C=O) groups is 1. The van der Waals surface area contributed by atoms with Crippen LogP contribution in [0.2, 0.25) is 0 Å². The molecule has 1 unspecified atom stereocenters. The minimum absolute atomic E-state index is 0.609. The third kappa shape index (κ3) is 11.9. The van der Waals surface area contributed by atoms with Gasteiger partial charge < -0.3 is 5.11 Å². The van der Waals surface area contributed by atoms with Gasteiger partial charge in [0.1, 0.15) is 5.38 Å². The van der Waals surface area contributed by atoms with Crippen LogP contribution in [0.4, 0.5) is 0 Å². The third-order valence-electron chi connectivity index (χ3n) is 5.31. The first-order valence-electron chi connectivity index (χ1n) is 10.1. The van der Waals surface area contributed by atoms with Crippen molar-refractivity contribution in [2.24, 2.45) is 5.92 Å². The molecule has 1 aliphatic rings. The van der Waals surface area contributed by atoms with E-state index in [4.69, 9.17) is 16.7 Å². The Morgan fingerprint density at radius 3 is 1.83 bits per heavy atom. The van der Waals surface area contributed by atoms with Gasteiger partial charge in [0.15, 0.2) is 0 Å². The van der Waals surface area contributed by atoms with Gasteiger partial charge in [-0.25, -0.2) is 0 Å². The number of alkyl halides is 1. The molecule has 23 heavy (non-hydrogen) atoms. The molecule has 1 N–H and O–H groups in total. The first kappa shape index (κ1) is 20.8. The molecule has 1 atom stereocenters. The van der Waals surface area contributed by atoms with Crippen LogP contribution in [0.15, 0.2) is 0 Å². The summed E-state index contributed by atoms with van der Waals surface area (Å²) in [6.45, 7) is 0. The quantitative estimate of drug-likeness (QED) is 0.273. The second-order valence-electron chi connectivity index (χ2n) is 7.42. The number of carboxylic acids is 1. The van der Waals surface area contributed by atoms with Crippen molar-refractivity contribution >= 4 is 17.6 Å². The van der Waals surface area contributed by atoms with Gasteiger partial charge in [0.05, 0.1) is 0 Å². The maximum Gasteiger partial charge on any atom is 0.321 e. The summed E-state index contributed by atoms with van der Waals surface area (Å²) < 4.78 is 0. The second kappa shape index (κ2) is 14.1. The zero-order valence-corrected chi connectivity index (χ0v) is 15.7. The van der Waals surface area contributed by atoms with Crippen LogP contribution in [0.3, 0.4) is 0 Å². The molecule has 0 saturated heterocycles. The van der Waals surface area contributed by atoms with Crippen LogP contribution in [0.25, 0.3) is 0 Å². The number of rotatable bonds is 14. The van der Waals surface area contributed by atoms with Crippen molar-refractivity contribution < 1.29 is 9.90 Å². The molecule has 136 valence electrons. The van der Waals surface area contributed by atoms with Crippen molar-refractivity contribution in [2.45, 2.75) is 115 Å². The maximum atomic E-state index is 10.6. The highest BCUT2D eigenvalue weighted by Crippen LogP contribution is 2.28. The summed E-state index contributed by atoms with van der Waals surface area (Å²) in [5.74, 6) is 0.174. The fourth-order valence-corrected chi connectivity index (χ4v) is 3.92. The lowest BCUT2D eigenvalue weighted by molar-refractivity contribution is -0.136. The molecule has 0 radical (unpaired) electrons. The SMILES string of the molecule is O=C(O)C(Cl)CCCCCCCCCCCCC1CCCCC1. The number of hydrogen-bond donors (Lipinski definition) is 1. The highest BCUT2D eigenvalue weighted by atomic mass is 35.5. The number of hydrogen-bond acceptors (Lipinski definition) is 1. The largest absolute Gasteiger partial charge is 0.480 e. The van der Waals surface area contributed by atoms with Crippen molar-refractivity contribution in [2.75, 3.05) is 0 Å². The molecule has 2 nitrogen and oxygen atoms in total. The van der Waals surface area contributed by atoms with Crippen molar-refractivity contribution in [3.05, 3.63) is 0 Å². The monoisotopic (exact) mass is 344 g/mol. The van der Waals surface area contributed by atoms with Crippen LogP contribution in [0.5, 0.6) is 0 Å². The number of aliphatic carboxylic acids is 1. The molecule has 0 amide bonds. The van der Waals surface area contributed by atoms with Crippen molar-refractivity contribution in [1.29, 1.82) is 0 Å². The lowest BCUT2D eigenvalue weighted by Gasteiger charge is -2.21. The number of unbranched alkanes of at least 4 members (excludes halogenated alkanes) is 9. The van der Waals surface area contributed by atoms with E-state index >= 15 is 0 Å². The van der Waals surface area contributed by atoms with Crippen LogP contribution in [0, 0.1) is 5.92 Å². The molecule has 1 fully saturated rings. The number of halogens is 1. The molecule has 0 spiro atoms. The molecule has 1 saturated carbocycles. The lowest BCUT2D eigenvalue weighted by atomic mass is 9.85. The minimum Gasteiger partial charge on any atom is -0.480 e. The first-order valence-corrected chi connectivity index (χ1v) is 10.5. The summed E-state index contributed by atoms with van der Waals surface area (Å²) >= 11 is 5.69. The molecule has 1 aliphatic carbocycles. The van der Waals surface area contributed by atoms with E-state index in [9.17, 15) is 4.79 Å². The minimum atomic E-state index is -0.879. The average Bonchev–Trinajstić information content (AvgIpc) is 2.56. The molecule has 0 aromatic heterocycles. The summed E-state index contributed by atoms with van der Waals surface area (Å²) in [7, 11) is 0. The summed E-state index contributed by atoms with van der Waals surface area (Å²) in [6.07, 6.45) is 22.5. The molecular formula is C20H37ClO2. The fourth-order valence-electron chi connectivity index (χ4n) is 3.77. The van der Waals surface area contributed by atoms with Gasteiger partial charge in [0.2, 0.25) is 0 Å². The zero-order chi connectivity index (χ0) is 16.8. The highest BCUT2D eigenvalue weighted by Gasteiger charge is 2.12. The highest BCUT2D eigenvalue weighted by molar-refractivity contribution is 6.29. The van der Waals surface area contributed by atoms with Crippen LogP contribution in [-0.4, -0.2) is 16.5 Å².